The molecule has 0 aromatic heterocycles. The smallest absolute Gasteiger partial charge is 0.329 e. The number of ether oxygens (including phenoxy) is 1. The van der Waals surface area contributed by atoms with Gasteiger partial charge in [-0.1, -0.05) is 124 Å². The fraction of sp³-hybridized carbons (Fsp3) is 0.606. The topological polar surface area (TPSA) is 421 Å². The number of cyclic esters (lactones) is 1. The number of phenolic OH excluding ortho intramolecular Hbond substituents is 2. The molecule has 15 N–H and O–H groups in total. The van der Waals surface area contributed by atoms with Crippen LogP contribution in [-0.4, -0.2) is 199 Å². The van der Waals surface area contributed by atoms with Crippen LogP contribution in [0.25, 0.3) is 0 Å². The molecule has 27 nitrogen and oxygen atoms in total. The summed E-state index contributed by atoms with van der Waals surface area (Å²) in [5.74, 6) is -9.93. The number of aliphatic hydroxyl groups is 5. The highest BCUT2D eigenvalue weighted by Crippen LogP contribution is 2.20. The van der Waals surface area contributed by atoms with Gasteiger partial charge in [0.15, 0.2) is 0 Å². The van der Waals surface area contributed by atoms with E-state index < -0.39 is 195 Å². The van der Waals surface area contributed by atoms with Gasteiger partial charge >= 0.3 is 5.97 Å². The molecule has 0 aliphatic carbocycles. The average molecular weight is 1310 g/mol. The Morgan fingerprint density at radius 1 is 0.602 bits per heavy atom. The molecule has 0 unspecified atom stereocenters. The van der Waals surface area contributed by atoms with Crippen LogP contribution in [0.1, 0.15) is 131 Å². The predicted octanol–water partition coefficient (Wildman–Crippen LogP) is 0.480. The highest BCUT2D eigenvalue weighted by molar-refractivity contribution is 5.95. The number of phenols is 2. The molecule has 1 heterocycles. The number of nitrogens with one attached hydrogen (secondary N) is 8. The lowest BCUT2D eigenvalue weighted by Crippen LogP contribution is -2.58. The fourth-order valence-corrected chi connectivity index (χ4v) is 10.0. The highest BCUT2D eigenvalue weighted by Gasteiger charge is 2.38. The summed E-state index contributed by atoms with van der Waals surface area (Å²) < 4.78 is 5.65. The molecule has 93 heavy (non-hydrogen) atoms. The van der Waals surface area contributed by atoms with Gasteiger partial charge in [0.05, 0.1) is 75.0 Å². The van der Waals surface area contributed by atoms with Crippen molar-refractivity contribution in [2.45, 2.75) is 206 Å². The number of rotatable bonds is 36. The number of allylic oxidation sites excluding steroid dienone is 1. The lowest BCUT2D eigenvalue weighted by molar-refractivity contribution is -0.156. The number of carbonyl (C=O) groups is 10. The number of unbranched alkanes of at least 4 members (excludes halogenated alkanes) is 4. The van der Waals surface area contributed by atoms with Crippen molar-refractivity contribution in [3.63, 3.8) is 0 Å². The number of likely N-dealkylation sites (N-methyl/N-ethyl adjacent to an activating group) is 1. The van der Waals surface area contributed by atoms with Gasteiger partial charge in [-0.25, -0.2) is 4.79 Å². The van der Waals surface area contributed by atoms with Crippen LogP contribution in [0.4, 0.5) is 0 Å². The van der Waals surface area contributed by atoms with E-state index in [4.69, 9.17) is 4.74 Å². The third kappa shape index (κ3) is 27.6. The van der Waals surface area contributed by atoms with Crippen molar-refractivity contribution in [3.8, 4) is 11.5 Å². The summed E-state index contributed by atoms with van der Waals surface area (Å²) in [5.41, 5.74) is 1.22. The molecular weight excluding hydrogens is 1210 g/mol. The van der Waals surface area contributed by atoms with Gasteiger partial charge in [-0.3, -0.25) is 43.2 Å². The Hall–Kier alpha value is -7.98. The molecular formula is C66H101N9O18. The molecule has 3 rings (SSSR count). The minimum Gasteiger partial charge on any atom is -0.508 e. The van der Waals surface area contributed by atoms with Gasteiger partial charge in [-0.15, -0.1) is 0 Å². The molecule has 27 heteroatoms. The van der Waals surface area contributed by atoms with E-state index in [1.807, 2.05) is 6.08 Å². The molecule has 0 saturated heterocycles. The summed E-state index contributed by atoms with van der Waals surface area (Å²) in [5, 5.41) is 94.5. The van der Waals surface area contributed by atoms with Gasteiger partial charge in [0.2, 0.25) is 53.2 Å². The Kier molecular flexibility index (Phi) is 34.3. The van der Waals surface area contributed by atoms with E-state index in [1.165, 1.54) is 42.3 Å². The van der Waals surface area contributed by atoms with Crippen molar-refractivity contribution in [2.75, 3.05) is 26.9 Å². The number of carbonyl (C=O) groups excluding carboxylic acids is 10. The number of aromatic hydroxyl groups is 2. The SMILES string of the molecule is CCCCCC/C=C\CC(=O)N[C@@H](Cc1ccc(O)cc1)[C@@H](O)CC(=O)N[C@H](C(=O)N[C@@H](CO)[C@@H](O)CC(=O)N[C@H](C(=O)N[C@@H](CO)[C@@H](O)CC(=O)N[C@H](C(=O)N[C@@H]1C=CC(=O)N[C@@H](C(C)C)C(=O)N(C)[C@@H](Cc2ccc(O)cc2)C(=O)OC1)C(C)C)C(C)C)C(C)C. The predicted molar refractivity (Wildman–Crippen MR) is 344 cm³/mol. The van der Waals surface area contributed by atoms with E-state index in [0.29, 0.717) is 11.1 Å². The van der Waals surface area contributed by atoms with E-state index in [-0.39, 0.29) is 30.8 Å². The summed E-state index contributed by atoms with van der Waals surface area (Å²) in [6, 6.07) is 0.777. The molecule has 0 fully saturated rings. The Morgan fingerprint density at radius 2 is 1.06 bits per heavy atom. The molecule has 9 amide bonds. The minimum absolute atomic E-state index is 0.00852. The maximum atomic E-state index is 13.9. The first-order valence-corrected chi connectivity index (χ1v) is 31.9. The molecule has 0 saturated carbocycles. The number of hydrogen-bond acceptors (Lipinski definition) is 18. The molecule has 1 aliphatic heterocycles. The maximum absolute atomic E-state index is 13.9. The minimum atomic E-state index is -1.77. The summed E-state index contributed by atoms with van der Waals surface area (Å²) in [4.78, 5) is 137. The first-order valence-electron chi connectivity index (χ1n) is 31.9. The van der Waals surface area contributed by atoms with Gasteiger partial charge < -0.3 is 87.9 Å². The zero-order valence-electron chi connectivity index (χ0n) is 55.1. The van der Waals surface area contributed by atoms with Crippen molar-refractivity contribution in [1.29, 1.82) is 0 Å². The molecule has 12 atom stereocenters. The Labute approximate surface area is 544 Å². The molecule has 518 valence electrons. The van der Waals surface area contributed by atoms with Crippen LogP contribution in [0, 0.1) is 23.7 Å². The summed E-state index contributed by atoms with van der Waals surface area (Å²) in [6.45, 7) is 12.8. The van der Waals surface area contributed by atoms with Crippen LogP contribution in [0.15, 0.2) is 72.8 Å². The molecule has 2 aromatic carbocycles. The maximum Gasteiger partial charge on any atom is 0.329 e. The first-order chi connectivity index (χ1) is 43.9. The zero-order valence-corrected chi connectivity index (χ0v) is 55.1. The van der Waals surface area contributed by atoms with Crippen molar-refractivity contribution in [2.24, 2.45) is 23.7 Å². The van der Waals surface area contributed by atoms with Gasteiger partial charge in [-0.2, -0.15) is 0 Å². The monoisotopic (exact) mass is 1310 g/mol. The number of aliphatic hydroxyl groups excluding tert-OH is 5. The Balaban J connectivity index is 1.64. The lowest BCUT2D eigenvalue weighted by atomic mass is 9.97. The Bertz CT molecular complexity index is 2810. The van der Waals surface area contributed by atoms with Crippen LogP contribution in [0.2, 0.25) is 0 Å². The third-order valence-electron chi connectivity index (χ3n) is 15.8. The number of hydrogen-bond donors (Lipinski definition) is 15. The summed E-state index contributed by atoms with van der Waals surface area (Å²) in [7, 11) is 1.40. The van der Waals surface area contributed by atoms with E-state index in [1.54, 1.807) is 85.7 Å². The van der Waals surface area contributed by atoms with Crippen LogP contribution in [0.3, 0.4) is 0 Å². The summed E-state index contributed by atoms with van der Waals surface area (Å²) >= 11 is 0. The lowest BCUT2D eigenvalue weighted by Gasteiger charge is -2.32. The molecule has 0 radical (unpaired) electrons. The standard InChI is InChI=1S/C66H101N9O18/c1-11-12-13-14-15-16-17-18-53(83)68-46(29-41-19-24-44(78)25-20-41)50(80)31-55(85)73-59(38(4)5)63(89)69-48(35-77)52(82)33-57(87)74-60(39(6)7)64(90)70-47(34-76)51(81)32-56(86)72-58(37(2)3)62(88)67-43-23-28-54(84)71-61(40(8)9)65(91)75(10)49(66(92)93-36-43)30-42-21-26-45(79)27-22-42/h16-17,19-28,37-40,43,46-52,58-61,76-82H,11-15,18,29-36H2,1-10H3,(H,67,88)(H,68,83)(H,69,89)(H,70,90)(H,71,84)(H,72,86)(H,73,85)(H,74,87)/b17-16-,28-23?/t43-,46+,47+,48+,49+,50+,51+,52+,58+,59+,60+,61+/m1/s1. The van der Waals surface area contributed by atoms with Gasteiger partial charge in [-0.05, 0) is 78.3 Å². The van der Waals surface area contributed by atoms with Crippen molar-refractivity contribution in [1.82, 2.24) is 47.4 Å². The van der Waals surface area contributed by atoms with Crippen LogP contribution in [-0.2, 0) is 65.5 Å². The zero-order chi connectivity index (χ0) is 69.6. The van der Waals surface area contributed by atoms with Crippen LogP contribution >= 0.6 is 0 Å². The molecule has 0 bridgehead atoms. The van der Waals surface area contributed by atoms with Crippen molar-refractivity contribution in [3.05, 3.63) is 84.0 Å². The van der Waals surface area contributed by atoms with Gasteiger partial charge in [0.1, 0.15) is 48.3 Å². The third-order valence-corrected chi connectivity index (χ3v) is 15.8. The summed E-state index contributed by atoms with van der Waals surface area (Å²) in [6.07, 6.45) is 4.10. The number of nitrogens with zero attached hydrogens (tertiary/aromatic N) is 1. The second-order valence-electron chi connectivity index (χ2n) is 25.0. The number of benzene rings is 2. The van der Waals surface area contributed by atoms with Gasteiger partial charge in [0.25, 0.3) is 0 Å². The normalized spacial score (nSPS) is 18.5. The second kappa shape index (κ2) is 40.2. The highest BCUT2D eigenvalue weighted by atomic mass is 16.5. The first kappa shape index (κ1) is 79.3. The van der Waals surface area contributed by atoms with Crippen molar-refractivity contribution >= 4 is 59.1 Å². The molecule has 1 aliphatic rings. The van der Waals surface area contributed by atoms with Crippen LogP contribution < -0.4 is 42.5 Å². The van der Waals surface area contributed by atoms with E-state index in [0.717, 1.165) is 38.2 Å². The van der Waals surface area contributed by atoms with E-state index in [2.05, 4.69) is 49.5 Å². The number of esters is 1. The quantitative estimate of drug-likeness (QED) is 0.0251. The van der Waals surface area contributed by atoms with Crippen LogP contribution in [0.5, 0.6) is 11.5 Å². The van der Waals surface area contributed by atoms with Crippen molar-refractivity contribution < 1.29 is 88.4 Å². The Morgan fingerprint density at radius 3 is 1.52 bits per heavy atom. The second-order valence-corrected chi connectivity index (χ2v) is 25.0. The van der Waals surface area contributed by atoms with E-state index in [9.17, 15) is 83.7 Å². The van der Waals surface area contributed by atoms with Gasteiger partial charge in [0, 0.05) is 26.0 Å². The van der Waals surface area contributed by atoms with E-state index >= 15 is 0 Å². The molecule has 0 spiro atoms. The molecule has 2 aromatic rings. The average Bonchev–Trinajstić information content (AvgIpc) is 1.12. The number of amides is 9. The largest absolute Gasteiger partial charge is 0.508 e. The fourth-order valence-electron chi connectivity index (χ4n) is 10.0.